The summed E-state index contributed by atoms with van der Waals surface area (Å²) in [5.41, 5.74) is 0. The summed E-state index contributed by atoms with van der Waals surface area (Å²) in [5.74, 6) is -0.0192. The molecular formula is C66H129NO5. The lowest BCUT2D eigenvalue weighted by Gasteiger charge is -2.22. The molecule has 0 saturated carbocycles. The van der Waals surface area contributed by atoms with E-state index in [0.717, 1.165) is 44.9 Å². The summed E-state index contributed by atoms with van der Waals surface area (Å²) in [7, 11) is 0. The molecule has 1 amide bonds. The third-order valence-electron chi connectivity index (χ3n) is 15.6. The van der Waals surface area contributed by atoms with Gasteiger partial charge in [-0.05, 0) is 51.4 Å². The number of aliphatic hydroxyl groups is 2. The Morgan fingerprint density at radius 2 is 0.653 bits per heavy atom. The summed E-state index contributed by atoms with van der Waals surface area (Å²) in [6.45, 7) is 4.96. The van der Waals surface area contributed by atoms with Crippen LogP contribution in [-0.2, 0) is 14.3 Å². The number of ether oxygens (including phenoxy) is 1. The fraction of sp³-hybridized carbons (Fsp3) is 0.939. The van der Waals surface area contributed by atoms with Gasteiger partial charge in [-0.2, -0.15) is 0 Å². The molecule has 0 aromatic heterocycles. The zero-order chi connectivity index (χ0) is 52.2. The lowest BCUT2D eigenvalue weighted by atomic mass is 10.0. The van der Waals surface area contributed by atoms with E-state index < -0.39 is 12.1 Å². The van der Waals surface area contributed by atoms with Crippen LogP contribution in [0.5, 0.6) is 0 Å². The number of hydrogen-bond acceptors (Lipinski definition) is 5. The van der Waals surface area contributed by atoms with Crippen molar-refractivity contribution in [3.05, 3.63) is 12.2 Å². The van der Waals surface area contributed by atoms with Gasteiger partial charge < -0.3 is 20.3 Å². The van der Waals surface area contributed by atoms with Gasteiger partial charge in [0.05, 0.1) is 25.4 Å². The van der Waals surface area contributed by atoms with E-state index in [0.29, 0.717) is 25.9 Å². The zero-order valence-corrected chi connectivity index (χ0v) is 48.9. The lowest BCUT2D eigenvalue weighted by molar-refractivity contribution is -0.143. The Morgan fingerprint density at radius 3 is 1.00 bits per heavy atom. The highest BCUT2D eigenvalue weighted by atomic mass is 16.5. The number of esters is 1. The number of amides is 1. The van der Waals surface area contributed by atoms with Crippen LogP contribution in [0.2, 0.25) is 0 Å². The highest BCUT2D eigenvalue weighted by Gasteiger charge is 2.20. The molecule has 0 aromatic carbocycles. The Labute approximate surface area is 450 Å². The molecule has 0 radical (unpaired) electrons. The van der Waals surface area contributed by atoms with Gasteiger partial charge in [-0.15, -0.1) is 0 Å². The predicted molar refractivity (Wildman–Crippen MR) is 315 cm³/mol. The number of carbonyl (C=O) groups is 2. The second kappa shape index (κ2) is 62.1. The van der Waals surface area contributed by atoms with Crippen molar-refractivity contribution in [1.29, 1.82) is 0 Å². The molecule has 0 rings (SSSR count). The fourth-order valence-corrected chi connectivity index (χ4v) is 10.5. The number of unbranched alkanes of at least 4 members (excludes halogenated alkanes) is 49. The van der Waals surface area contributed by atoms with Crippen LogP contribution in [0.4, 0.5) is 0 Å². The molecule has 0 bridgehead atoms. The van der Waals surface area contributed by atoms with E-state index in [4.69, 9.17) is 4.74 Å². The molecule has 2 atom stereocenters. The van der Waals surface area contributed by atoms with Crippen LogP contribution >= 0.6 is 0 Å². The quantitative estimate of drug-likeness (QED) is 0.0320. The van der Waals surface area contributed by atoms with E-state index in [1.165, 1.54) is 295 Å². The summed E-state index contributed by atoms with van der Waals surface area (Å²) >= 11 is 0. The van der Waals surface area contributed by atoms with Gasteiger partial charge >= 0.3 is 5.97 Å². The zero-order valence-electron chi connectivity index (χ0n) is 48.9. The molecule has 3 N–H and O–H groups in total. The van der Waals surface area contributed by atoms with Crippen LogP contribution in [0.15, 0.2) is 12.2 Å². The minimum absolute atomic E-state index is 0.0102. The third-order valence-corrected chi connectivity index (χ3v) is 15.6. The maximum atomic E-state index is 12.5. The molecule has 0 aliphatic rings. The number of hydrogen-bond donors (Lipinski definition) is 3. The van der Waals surface area contributed by atoms with Gasteiger partial charge in [-0.25, -0.2) is 0 Å². The Bertz CT molecular complexity index is 1080. The van der Waals surface area contributed by atoms with E-state index in [1.807, 2.05) is 0 Å². The molecule has 0 fully saturated rings. The van der Waals surface area contributed by atoms with Gasteiger partial charge in [0.1, 0.15) is 0 Å². The van der Waals surface area contributed by atoms with Crippen molar-refractivity contribution in [2.75, 3.05) is 13.2 Å². The Balaban J connectivity index is 3.33. The van der Waals surface area contributed by atoms with Gasteiger partial charge in [0.2, 0.25) is 5.91 Å². The van der Waals surface area contributed by atoms with E-state index in [2.05, 4.69) is 31.3 Å². The van der Waals surface area contributed by atoms with Crippen molar-refractivity contribution in [2.24, 2.45) is 0 Å². The monoisotopic (exact) mass is 1020 g/mol. The van der Waals surface area contributed by atoms with Gasteiger partial charge in [-0.1, -0.05) is 321 Å². The maximum absolute atomic E-state index is 12.5. The number of rotatable bonds is 62. The summed E-state index contributed by atoms with van der Waals surface area (Å²) < 4.78 is 5.48. The highest BCUT2D eigenvalue weighted by Crippen LogP contribution is 2.19. The first-order chi connectivity index (χ1) is 35.5. The Morgan fingerprint density at radius 1 is 0.375 bits per heavy atom. The van der Waals surface area contributed by atoms with Crippen molar-refractivity contribution in [3.8, 4) is 0 Å². The van der Waals surface area contributed by atoms with Crippen LogP contribution < -0.4 is 5.32 Å². The van der Waals surface area contributed by atoms with Crippen molar-refractivity contribution in [3.63, 3.8) is 0 Å². The first kappa shape index (κ1) is 70.6. The average molecular weight is 1020 g/mol. The predicted octanol–water partition coefficient (Wildman–Crippen LogP) is 20.8. The second-order valence-corrected chi connectivity index (χ2v) is 22.8. The molecule has 0 spiro atoms. The van der Waals surface area contributed by atoms with E-state index in [-0.39, 0.29) is 18.5 Å². The van der Waals surface area contributed by atoms with E-state index >= 15 is 0 Å². The number of carbonyl (C=O) groups excluding carboxylic acids is 2. The average Bonchev–Trinajstić information content (AvgIpc) is 3.38. The first-order valence-corrected chi connectivity index (χ1v) is 32.9. The molecule has 2 unspecified atom stereocenters. The highest BCUT2D eigenvalue weighted by molar-refractivity contribution is 5.76. The molecule has 0 aliphatic heterocycles. The summed E-state index contributed by atoms with van der Waals surface area (Å²) in [6.07, 6.45) is 75.3. The summed E-state index contributed by atoms with van der Waals surface area (Å²) in [5, 5.41) is 23.3. The van der Waals surface area contributed by atoms with Crippen molar-refractivity contribution >= 4 is 11.9 Å². The number of allylic oxidation sites excluding steroid dienone is 2. The van der Waals surface area contributed by atoms with Crippen molar-refractivity contribution in [2.45, 2.75) is 386 Å². The van der Waals surface area contributed by atoms with Gasteiger partial charge in [-0.3, -0.25) is 9.59 Å². The fourth-order valence-electron chi connectivity index (χ4n) is 10.5. The van der Waals surface area contributed by atoms with Crippen LogP contribution in [0.3, 0.4) is 0 Å². The molecule has 0 heterocycles. The SMILES string of the molecule is CCCCCC/C=C\CCCCCCCC(=O)OCCCCCCCCCCCCCCCCCCCCCCCCCCCCCCC(=O)NC(CO)C(O)CCCCCCCCCCCCCCCC. The largest absolute Gasteiger partial charge is 0.466 e. The topological polar surface area (TPSA) is 95.9 Å². The molecule has 428 valence electrons. The van der Waals surface area contributed by atoms with Crippen molar-refractivity contribution < 1.29 is 24.5 Å². The molecular weight excluding hydrogens is 887 g/mol. The molecule has 6 nitrogen and oxygen atoms in total. The standard InChI is InChI=1S/C66H129NO5/c1-3-5-7-9-11-13-15-17-35-38-42-46-50-54-58-64(69)63(62-68)67-65(70)59-55-51-47-43-39-36-32-30-28-26-24-22-20-18-19-21-23-25-27-29-31-33-37-41-45-49-53-57-61-72-66(71)60-56-52-48-44-40-34-16-14-12-10-8-6-4-2/h14,16,63-64,68-69H,3-13,15,17-62H2,1-2H3,(H,67,70)/b16-14-. The van der Waals surface area contributed by atoms with Crippen LogP contribution in [-0.4, -0.2) is 47.4 Å². The summed E-state index contributed by atoms with van der Waals surface area (Å²) in [4.78, 5) is 24.5. The Hall–Kier alpha value is -1.40. The normalized spacial score (nSPS) is 12.6. The van der Waals surface area contributed by atoms with E-state index in [1.54, 1.807) is 0 Å². The number of nitrogens with one attached hydrogen (secondary N) is 1. The van der Waals surface area contributed by atoms with Crippen molar-refractivity contribution in [1.82, 2.24) is 5.32 Å². The molecule has 72 heavy (non-hydrogen) atoms. The van der Waals surface area contributed by atoms with Crippen LogP contribution in [0.1, 0.15) is 373 Å². The smallest absolute Gasteiger partial charge is 0.305 e. The van der Waals surface area contributed by atoms with Gasteiger partial charge in [0.15, 0.2) is 0 Å². The minimum Gasteiger partial charge on any atom is -0.466 e. The van der Waals surface area contributed by atoms with Crippen LogP contribution in [0.25, 0.3) is 0 Å². The lowest BCUT2D eigenvalue weighted by Crippen LogP contribution is -2.45. The number of aliphatic hydroxyl groups excluding tert-OH is 2. The third kappa shape index (κ3) is 57.9. The summed E-state index contributed by atoms with van der Waals surface area (Å²) in [6, 6.07) is -0.538. The molecule has 0 aromatic rings. The molecule has 0 aliphatic carbocycles. The van der Waals surface area contributed by atoms with Gasteiger partial charge in [0, 0.05) is 12.8 Å². The molecule has 0 saturated heterocycles. The second-order valence-electron chi connectivity index (χ2n) is 22.8. The first-order valence-electron chi connectivity index (χ1n) is 32.9. The maximum Gasteiger partial charge on any atom is 0.305 e. The Kier molecular flexibility index (Phi) is 60.9. The van der Waals surface area contributed by atoms with E-state index in [9.17, 15) is 19.8 Å². The molecule has 6 heteroatoms. The minimum atomic E-state index is -0.661. The van der Waals surface area contributed by atoms with Crippen LogP contribution in [0, 0.1) is 0 Å². The van der Waals surface area contributed by atoms with Gasteiger partial charge in [0.25, 0.3) is 0 Å².